The highest BCUT2D eigenvalue weighted by atomic mass is 16.5. The van der Waals surface area contributed by atoms with Crippen molar-refractivity contribution in [2.24, 2.45) is 0 Å². The summed E-state index contributed by atoms with van der Waals surface area (Å²) in [6, 6.07) is 23.1. The van der Waals surface area contributed by atoms with Crippen molar-refractivity contribution >= 4 is 17.8 Å². The van der Waals surface area contributed by atoms with Crippen LogP contribution in [0.5, 0.6) is 11.5 Å². The number of amides is 1. The van der Waals surface area contributed by atoms with E-state index in [1.54, 1.807) is 31.4 Å². The fourth-order valence-electron chi connectivity index (χ4n) is 4.04. The van der Waals surface area contributed by atoms with Crippen LogP contribution in [0.15, 0.2) is 96.3 Å². The van der Waals surface area contributed by atoms with Crippen LogP contribution in [-0.4, -0.2) is 35.9 Å². The van der Waals surface area contributed by atoms with Gasteiger partial charge in [0.1, 0.15) is 11.5 Å². The van der Waals surface area contributed by atoms with Crippen molar-refractivity contribution in [3.63, 3.8) is 0 Å². The van der Waals surface area contributed by atoms with Crippen LogP contribution in [0.3, 0.4) is 0 Å². The van der Waals surface area contributed by atoms with Crippen molar-refractivity contribution in [1.29, 1.82) is 0 Å². The van der Waals surface area contributed by atoms with Crippen LogP contribution in [-0.2, 0) is 16.1 Å². The molecule has 1 amide bonds. The van der Waals surface area contributed by atoms with Gasteiger partial charge in [-0.3, -0.25) is 9.59 Å². The zero-order valence-electron chi connectivity index (χ0n) is 19.0. The number of ketones is 1. The van der Waals surface area contributed by atoms with E-state index >= 15 is 0 Å². The minimum Gasteiger partial charge on any atom is -0.503 e. The largest absolute Gasteiger partial charge is 0.503 e. The smallest absolute Gasteiger partial charge is 0.290 e. The number of allylic oxidation sites excluding steroid dienone is 1. The second kappa shape index (κ2) is 10.1. The molecular weight excluding hydrogens is 430 g/mol. The van der Waals surface area contributed by atoms with E-state index in [0.717, 1.165) is 11.1 Å². The number of aliphatic hydroxyl groups excluding tert-OH is 1. The molecule has 1 aliphatic heterocycles. The number of ether oxygens (including phenoxy) is 2. The molecule has 0 spiro atoms. The number of rotatable bonds is 8. The van der Waals surface area contributed by atoms with E-state index in [1.807, 2.05) is 60.7 Å². The fraction of sp³-hybridized carbons (Fsp3) is 0.143. The minimum absolute atomic E-state index is 0.0107. The highest BCUT2D eigenvalue weighted by molar-refractivity contribution is 6.14. The molecule has 3 aromatic rings. The molecule has 0 saturated carbocycles. The van der Waals surface area contributed by atoms with Gasteiger partial charge >= 0.3 is 0 Å². The average Bonchev–Trinajstić information content (AvgIpc) is 3.13. The number of aliphatic hydroxyl groups is 1. The van der Waals surface area contributed by atoms with Gasteiger partial charge in [0.2, 0.25) is 0 Å². The summed E-state index contributed by atoms with van der Waals surface area (Å²) in [5.41, 5.74) is 2.29. The first-order valence-corrected chi connectivity index (χ1v) is 10.8. The van der Waals surface area contributed by atoms with Gasteiger partial charge in [0.05, 0.1) is 25.8 Å². The molecule has 1 unspecified atom stereocenters. The molecule has 1 N–H and O–H groups in total. The maximum absolute atomic E-state index is 13.3. The zero-order valence-corrected chi connectivity index (χ0v) is 19.0. The Kier molecular flexibility index (Phi) is 6.78. The summed E-state index contributed by atoms with van der Waals surface area (Å²) in [7, 11) is 3.06. The highest BCUT2D eigenvalue weighted by Gasteiger charge is 2.44. The Balaban J connectivity index is 1.78. The van der Waals surface area contributed by atoms with Crippen LogP contribution in [0.25, 0.3) is 6.08 Å². The summed E-state index contributed by atoms with van der Waals surface area (Å²) >= 11 is 0. The Hall–Kier alpha value is -4.32. The molecule has 0 radical (unpaired) electrons. The quantitative estimate of drug-likeness (QED) is 0.490. The first-order valence-electron chi connectivity index (χ1n) is 10.8. The number of hydrogen-bond donors (Lipinski definition) is 1. The van der Waals surface area contributed by atoms with Crippen molar-refractivity contribution in [1.82, 2.24) is 4.90 Å². The zero-order chi connectivity index (χ0) is 24.1. The molecule has 1 atom stereocenters. The van der Waals surface area contributed by atoms with E-state index in [-0.39, 0.29) is 12.1 Å². The second-order valence-electron chi connectivity index (χ2n) is 7.80. The van der Waals surface area contributed by atoms with Crippen LogP contribution < -0.4 is 9.47 Å². The van der Waals surface area contributed by atoms with E-state index in [1.165, 1.54) is 18.1 Å². The molecule has 0 aliphatic carbocycles. The lowest BCUT2D eigenvalue weighted by atomic mass is 9.94. The summed E-state index contributed by atoms with van der Waals surface area (Å²) in [5, 5.41) is 10.8. The van der Waals surface area contributed by atoms with Crippen LogP contribution in [0.4, 0.5) is 0 Å². The Labute approximate surface area is 198 Å². The first kappa shape index (κ1) is 22.9. The topological polar surface area (TPSA) is 76.1 Å². The summed E-state index contributed by atoms with van der Waals surface area (Å²) in [5.74, 6) is -0.593. The lowest BCUT2D eigenvalue weighted by Crippen LogP contribution is -2.30. The number of methoxy groups -OCH3 is 2. The van der Waals surface area contributed by atoms with Crippen LogP contribution in [0, 0.1) is 0 Å². The van der Waals surface area contributed by atoms with E-state index in [4.69, 9.17) is 9.47 Å². The minimum atomic E-state index is -0.832. The summed E-state index contributed by atoms with van der Waals surface area (Å²) in [6.45, 7) is 0.211. The molecule has 3 aromatic carbocycles. The third kappa shape index (κ3) is 4.57. The van der Waals surface area contributed by atoms with Crippen molar-refractivity contribution in [3.8, 4) is 11.5 Å². The third-order valence-electron chi connectivity index (χ3n) is 5.73. The van der Waals surface area contributed by atoms with Crippen LogP contribution >= 0.6 is 0 Å². The summed E-state index contributed by atoms with van der Waals surface area (Å²) in [6.07, 6.45) is 3.04. The van der Waals surface area contributed by atoms with Gasteiger partial charge in [-0.15, -0.1) is 0 Å². The van der Waals surface area contributed by atoms with E-state index in [2.05, 4.69) is 0 Å². The van der Waals surface area contributed by atoms with Gasteiger partial charge in [-0.05, 0) is 29.3 Å². The molecule has 0 saturated heterocycles. The number of benzene rings is 3. The Morgan fingerprint density at radius 3 is 2.29 bits per heavy atom. The van der Waals surface area contributed by atoms with E-state index in [9.17, 15) is 14.7 Å². The second-order valence-corrected chi connectivity index (χ2v) is 7.80. The number of carbonyl (C=O) groups is 2. The van der Waals surface area contributed by atoms with Gasteiger partial charge in [-0.2, -0.15) is 0 Å². The normalized spacial score (nSPS) is 15.8. The average molecular weight is 456 g/mol. The summed E-state index contributed by atoms with van der Waals surface area (Å²) in [4.78, 5) is 28.0. The fourth-order valence-corrected chi connectivity index (χ4v) is 4.04. The predicted molar refractivity (Wildman–Crippen MR) is 129 cm³/mol. The van der Waals surface area contributed by atoms with Gasteiger partial charge in [0, 0.05) is 18.2 Å². The molecule has 1 aliphatic rings. The van der Waals surface area contributed by atoms with E-state index in [0.29, 0.717) is 17.1 Å². The Morgan fingerprint density at radius 1 is 0.971 bits per heavy atom. The van der Waals surface area contributed by atoms with Gasteiger partial charge in [0.15, 0.2) is 11.5 Å². The molecule has 0 aromatic heterocycles. The standard InChI is InChI=1S/C28H25NO5/c1-33-21-14-15-22(24(17-21)34-2)26-25(23(30)16-13-19-9-5-3-6-10-19)27(31)28(32)29(26)18-20-11-7-4-8-12-20/h3-17,26,31H,18H2,1-2H3/b16-13+. The molecule has 34 heavy (non-hydrogen) atoms. The van der Waals surface area contributed by atoms with Gasteiger partial charge in [-0.25, -0.2) is 0 Å². The van der Waals surface area contributed by atoms with Gasteiger partial charge in [-0.1, -0.05) is 66.7 Å². The molecule has 172 valence electrons. The Morgan fingerprint density at radius 2 is 1.65 bits per heavy atom. The summed E-state index contributed by atoms with van der Waals surface area (Å²) < 4.78 is 10.9. The molecule has 4 rings (SSSR count). The van der Waals surface area contributed by atoms with Crippen LogP contribution in [0.2, 0.25) is 0 Å². The van der Waals surface area contributed by atoms with Crippen molar-refractivity contribution < 1.29 is 24.2 Å². The number of nitrogens with zero attached hydrogens (tertiary/aromatic N) is 1. The van der Waals surface area contributed by atoms with E-state index < -0.39 is 23.5 Å². The van der Waals surface area contributed by atoms with Crippen LogP contribution in [0.1, 0.15) is 22.7 Å². The number of hydrogen-bond acceptors (Lipinski definition) is 5. The molecule has 0 bridgehead atoms. The highest BCUT2D eigenvalue weighted by Crippen LogP contribution is 2.43. The maximum atomic E-state index is 13.3. The SMILES string of the molecule is COc1ccc(C2C(C(=O)/C=C/c3ccccc3)=C(O)C(=O)N2Cc2ccccc2)c(OC)c1. The lowest BCUT2D eigenvalue weighted by molar-refractivity contribution is -0.130. The van der Waals surface area contributed by atoms with Gasteiger partial charge < -0.3 is 19.5 Å². The third-order valence-corrected chi connectivity index (χ3v) is 5.73. The molecular formula is C28H25NO5. The molecule has 6 heteroatoms. The monoisotopic (exact) mass is 455 g/mol. The Bertz CT molecular complexity index is 1250. The molecule has 6 nitrogen and oxygen atoms in total. The van der Waals surface area contributed by atoms with Crippen molar-refractivity contribution in [2.45, 2.75) is 12.6 Å². The maximum Gasteiger partial charge on any atom is 0.290 e. The van der Waals surface area contributed by atoms with Gasteiger partial charge in [0.25, 0.3) is 5.91 Å². The van der Waals surface area contributed by atoms with Crippen molar-refractivity contribution in [3.05, 3.63) is 113 Å². The van der Waals surface area contributed by atoms with Crippen molar-refractivity contribution in [2.75, 3.05) is 14.2 Å². The molecule has 0 fully saturated rings. The first-order chi connectivity index (χ1) is 16.5. The number of carbonyl (C=O) groups excluding carboxylic acids is 2. The molecule has 1 heterocycles. The predicted octanol–water partition coefficient (Wildman–Crippen LogP) is 4.88. The lowest BCUT2D eigenvalue weighted by Gasteiger charge is -2.28.